The van der Waals surface area contributed by atoms with Gasteiger partial charge in [0, 0.05) is 24.9 Å². The number of carbonyl (C=O) groups excluding carboxylic acids is 1. The van der Waals surface area contributed by atoms with Gasteiger partial charge in [-0.05, 0) is 35.8 Å². The van der Waals surface area contributed by atoms with Gasteiger partial charge in [0.1, 0.15) is 11.6 Å². The lowest BCUT2D eigenvalue weighted by Crippen LogP contribution is -2.35. The summed E-state index contributed by atoms with van der Waals surface area (Å²) < 4.78 is 15.9. The molecule has 7 heteroatoms. The largest absolute Gasteiger partial charge is 0.369 e. The summed E-state index contributed by atoms with van der Waals surface area (Å²) in [7, 11) is 0. The number of imidazole rings is 1. The maximum absolute atomic E-state index is 13.6. The Morgan fingerprint density at radius 2 is 2.19 bits per heavy atom. The van der Waals surface area contributed by atoms with Crippen molar-refractivity contribution in [3.63, 3.8) is 0 Å². The number of benzene rings is 1. The van der Waals surface area contributed by atoms with Gasteiger partial charge in [-0.3, -0.25) is 4.79 Å². The summed E-state index contributed by atoms with van der Waals surface area (Å²) in [5.74, 6) is 0.331. The zero-order valence-electron chi connectivity index (χ0n) is 11.8. The molecule has 21 heavy (non-hydrogen) atoms. The van der Waals surface area contributed by atoms with Gasteiger partial charge in [0.2, 0.25) is 5.91 Å². The number of halogens is 3. The van der Waals surface area contributed by atoms with Gasteiger partial charge in [0.25, 0.3) is 0 Å². The third kappa shape index (κ3) is 3.21. The molecule has 1 amide bonds. The molecule has 2 N–H and O–H groups in total. The van der Waals surface area contributed by atoms with E-state index in [0.29, 0.717) is 34.7 Å². The van der Waals surface area contributed by atoms with Crippen molar-refractivity contribution in [2.75, 3.05) is 5.88 Å². The monoisotopic (exact) mass is 375 g/mol. The summed E-state index contributed by atoms with van der Waals surface area (Å²) in [5.41, 5.74) is 5.99. The summed E-state index contributed by atoms with van der Waals surface area (Å²) in [6, 6.07) is 3.03. The molecule has 0 bridgehead atoms. The maximum atomic E-state index is 13.6. The zero-order valence-corrected chi connectivity index (χ0v) is 14.1. The van der Waals surface area contributed by atoms with Gasteiger partial charge >= 0.3 is 0 Å². The van der Waals surface area contributed by atoms with E-state index in [-0.39, 0.29) is 5.82 Å². The number of carbonyl (C=O) groups is 1. The summed E-state index contributed by atoms with van der Waals surface area (Å²) in [5, 5.41) is 0. The quantitative estimate of drug-likeness (QED) is 0.814. The standard InChI is InChI=1S/C14H16BrClFN3O/c1-14(2,13(18)21)7-20-11-5-8(15)9(17)6-10(11)19-12(20)3-4-16/h5-6H,3-4,7H2,1-2H3,(H2,18,21). The molecule has 0 atom stereocenters. The Balaban J connectivity index is 2.60. The van der Waals surface area contributed by atoms with E-state index in [4.69, 9.17) is 17.3 Å². The summed E-state index contributed by atoms with van der Waals surface area (Å²) >= 11 is 8.98. The van der Waals surface area contributed by atoms with Crippen molar-refractivity contribution in [2.45, 2.75) is 26.8 Å². The normalized spacial score (nSPS) is 12.0. The van der Waals surface area contributed by atoms with Crippen LogP contribution >= 0.6 is 27.5 Å². The van der Waals surface area contributed by atoms with E-state index in [0.717, 1.165) is 5.52 Å². The van der Waals surface area contributed by atoms with Crippen LogP contribution in [0.2, 0.25) is 0 Å². The Hall–Kier alpha value is -1.14. The van der Waals surface area contributed by atoms with Gasteiger partial charge in [0.05, 0.1) is 20.9 Å². The summed E-state index contributed by atoms with van der Waals surface area (Å²) in [6.45, 7) is 3.90. The van der Waals surface area contributed by atoms with Gasteiger partial charge < -0.3 is 10.3 Å². The minimum atomic E-state index is -0.741. The second kappa shape index (κ2) is 5.93. The molecule has 0 radical (unpaired) electrons. The fraction of sp³-hybridized carbons (Fsp3) is 0.429. The SMILES string of the molecule is CC(C)(Cn1c(CCCl)nc2cc(F)c(Br)cc21)C(N)=O. The molecule has 1 heterocycles. The molecule has 0 aliphatic rings. The van der Waals surface area contributed by atoms with Crippen molar-refractivity contribution >= 4 is 44.5 Å². The molecule has 0 unspecified atom stereocenters. The number of aromatic nitrogens is 2. The fourth-order valence-corrected chi connectivity index (χ4v) is 2.60. The highest BCUT2D eigenvalue weighted by Gasteiger charge is 2.27. The highest BCUT2D eigenvalue weighted by molar-refractivity contribution is 9.10. The number of nitrogens with zero attached hydrogens (tertiary/aromatic N) is 2. The van der Waals surface area contributed by atoms with Gasteiger partial charge in [-0.1, -0.05) is 0 Å². The molecule has 0 saturated heterocycles. The number of nitrogens with two attached hydrogens (primary N) is 1. The Bertz CT molecular complexity index is 699. The molecule has 4 nitrogen and oxygen atoms in total. The number of hydrogen-bond acceptors (Lipinski definition) is 2. The number of rotatable bonds is 5. The van der Waals surface area contributed by atoms with Crippen LogP contribution in [0.25, 0.3) is 11.0 Å². The van der Waals surface area contributed by atoms with Crippen LogP contribution in [0.15, 0.2) is 16.6 Å². The highest BCUT2D eigenvalue weighted by atomic mass is 79.9. The number of primary amides is 1. The number of aryl methyl sites for hydroxylation is 1. The van der Waals surface area contributed by atoms with Crippen molar-refractivity contribution in [2.24, 2.45) is 11.1 Å². The third-order valence-electron chi connectivity index (χ3n) is 3.41. The average Bonchev–Trinajstić information content (AvgIpc) is 2.68. The number of alkyl halides is 1. The predicted octanol–water partition coefficient (Wildman–Crippen LogP) is 3.23. The van der Waals surface area contributed by atoms with Crippen LogP contribution in [0.5, 0.6) is 0 Å². The Labute approximate surface area is 135 Å². The topological polar surface area (TPSA) is 60.9 Å². The minimum Gasteiger partial charge on any atom is -0.369 e. The fourth-order valence-electron chi connectivity index (χ4n) is 2.10. The first kappa shape index (κ1) is 16.2. The minimum absolute atomic E-state index is 0.352. The van der Waals surface area contributed by atoms with Crippen molar-refractivity contribution < 1.29 is 9.18 Å². The molecule has 2 aromatic rings. The lowest BCUT2D eigenvalue weighted by molar-refractivity contribution is -0.126. The first-order valence-corrected chi connectivity index (χ1v) is 7.79. The highest BCUT2D eigenvalue weighted by Crippen LogP contribution is 2.28. The lowest BCUT2D eigenvalue weighted by atomic mass is 9.92. The molecular formula is C14H16BrClFN3O. The van der Waals surface area contributed by atoms with E-state index in [2.05, 4.69) is 20.9 Å². The van der Waals surface area contributed by atoms with Gasteiger partial charge in [-0.2, -0.15) is 0 Å². The van der Waals surface area contributed by atoms with E-state index in [1.54, 1.807) is 19.9 Å². The van der Waals surface area contributed by atoms with E-state index in [1.165, 1.54) is 6.07 Å². The Morgan fingerprint density at radius 3 is 2.76 bits per heavy atom. The number of amides is 1. The molecule has 0 saturated carbocycles. The van der Waals surface area contributed by atoms with Crippen LogP contribution in [0.4, 0.5) is 4.39 Å². The third-order valence-corrected chi connectivity index (χ3v) is 4.20. The van der Waals surface area contributed by atoms with E-state index >= 15 is 0 Å². The van der Waals surface area contributed by atoms with Crippen molar-refractivity contribution in [1.29, 1.82) is 0 Å². The molecule has 0 aliphatic carbocycles. The van der Waals surface area contributed by atoms with Crippen LogP contribution < -0.4 is 5.73 Å². The van der Waals surface area contributed by atoms with Crippen LogP contribution in [0, 0.1) is 11.2 Å². The van der Waals surface area contributed by atoms with Crippen molar-refractivity contribution in [3.05, 3.63) is 28.2 Å². The van der Waals surface area contributed by atoms with E-state index in [9.17, 15) is 9.18 Å². The van der Waals surface area contributed by atoms with Gasteiger partial charge in [0.15, 0.2) is 0 Å². The number of hydrogen-bond donors (Lipinski definition) is 1. The molecular weight excluding hydrogens is 361 g/mol. The van der Waals surface area contributed by atoms with Gasteiger partial charge in [-0.25, -0.2) is 9.37 Å². The molecule has 0 aliphatic heterocycles. The molecule has 1 aromatic carbocycles. The van der Waals surface area contributed by atoms with Crippen molar-refractivity contribution in [3.8, 4) is 0 Å². The first-order chi connectivity index (χ1) is 9.76. The smallest absolute Gasteiger partial charge is 0.224 e. The van der Waals surface area contributed by atoms with Crippen LogP contribution in [0.1, 0.15) is 19.7 Å². The molecule has 0 fully saturated rings. The second-order valence-corrected chi connectivity index (χ2v) is 6.79. The molecule has 0 spiro atoms. The first-order valence-electron chi connectivity index (χ1n) is 6.46. The van der Waals surface area contributed by atoms with Crippen LogP contribution in [-0.2, 0) is 17.8 Å². The lowest BCUT2D eigenvalue weighted by Gasteiger charge is -2.22. The maximum Gasteiger partial charge on any atom is 0.224 e. The number of fused-ring (bicyclic) bond motifs is 1. The molecule has 1 aromatic heterocycles. The molecule has 2 rings (SSSR count). The second-order valence-electron chi connectivity index (χ2n) is 5.56. The van der Waals surface area contributed by atoms with E-state index < -0.39 is 11.3 Å². The Kier molecular flexibility index (Phi) is 4.58. The van der Waals surface area contributed by atoms with Gasteiger partial charge in [-0.15, -0.1) is 11.6 Å². The van der Waals surface area contributed by atoms with E-state index in [1.807, 2.05) is 4.57 Å². The zero-order chi connectivity index (χ0) is 15.8. The predicted molar refractivity (Wildman–Crippen MR) is 84.8 cm³/mol. The summed E-state index contributed by atoms with van der Waals surface area (Å²) in [6.07, 6.45) is 0.532. The van der Waals surface area contributed by atoms with Crippen LogP contribution in [-0.4, -0.2) is 21.3 Å². The van der Waals surface area contributed by atoms with Crippen molar-refractivity contribution in [1.82, 2.24) is 9.55 Å². The summed E-state index contributed by atoms with van der Waals surface area (Å²) in [4.78, 5) is 16.0. The molecule has 114 valence electrons. The average molecular weight is 377 g/mol. The Morgan fingerprint density at radius 1 is 1.52 bits per heavy atom. The van der Waals surface area contributed by atoms with Crippen LogP contribution in [0.3, 0.4) is 0 Å².